The van der Waals surface area contributed by atoms with Crippen molar-refractivity contribution in [2.24, 2.45) is 10.9 Å². The van der Waals surface area contributed by atoms with Crippen molar-refractivity contribution in [2.75, 3.05) is 34.4 Å². The molecule has 0 aliphatic heterocycles. The zero-order valence-electron chi connectivity index (χ0n) is 14.1. The van der Waals surface area contributed by atoms with Crippen molar-refractivity contribution in [3.05, 3.63) is 29.8 Å². The van der Waals surface area contributed by atoms with Gasteiger partial charge in [0.25, 0.3) is 0 Å². The summed E-state index contributed by atoms with van der Waals surface area (Å²) in [7, 11) is 5.70. The van der Waals surface area contributed by atoms with E-state index in [1.54, 1.807) is 14.0 Å². The van der Waals surface area contributed by atoms with Gasteiger partial charge in [-0.15, -0.1) is 0 Å². The first kappa shape index (κ1) is 18.7. The van der Waals surface area contributed by atoms with Crippen LogP contribution < -0.4 is 9.64 Å². The lowest BCUT2D eigenvalue weighted by atomic mass is 10.1. The molecule has 1 N–H and O–H groups in total. The lowest BCUT2D eigenvalue weighted by molar-refractivity contribution is -0.890. The standard InChI is InChI=1S/C17H23N3O3/c1-5-23-17(21)14(10-18)11-19-12-16(20(2)3)13-7-6-8-15(9-13)22-4/h6-9,11,14,16H,5,12H2,1-4H3/p+1/t14-,16-/m1/s1. The van der Waals surface area contributed by atoms with E-state index < -0.39 is 11.9 Å². The van der Waals surface area contributed by atoms with E-state index in [2.05, 4.69) is 4.99 Å². The highest BCUT2D eigenvalue weighted by molar-refractivity contribution is 5.92. The number of nitriles is 1. The van der Waals surface area contributed by atoms with Gasteiger partial charge in [-0.3, -0.25) is 9.79 Å². The maximum absolute atomic E-state index is 11.6. The zero-order valence-corrected chi connectivity index (χ0v) is 14.1. The van der Waals surface area contributed by atoms with Gasteiger partial charge in [-0.05, 0) is 19.1 Å². The summed E-state index contributed by atoms with van der Waals surface area (Å²) < 4.78 is 10.1. The summed E-state index contributed by atoms with van der Waals surface area (Å²) >= 11 is 0. The van der Waals surface area contributed by atoms with Crippen LogP contribution in [0.5, 0.6) is 5.75 Å². The maximum atomic E-state index is 11.6. The molecule has 23 heavy (non-hydrogen) atoms. The molecule has 0 bridgehead atoms. The average Bonchev–Trinajstić information content (AvgIpc) is 2.54. The van der Waals surface area contributed by atoms with Crippen molar-refractivity contribution in [1.29, 1.82) is 5.26 Å². The number of nitrogens with one attached hydrogen (secondary N) is 1. The number of carbonyl (C=O) groups excluding carboxylic acids is 1. The van der Waals surface area contributed by atoms with Gasteiger partial charge < -0.3 is 14.4 Å². The van der Waals surface area contributed by atoms with Gasteiger partial charge in [0.15, 0.2) is 5.92 Å². The van der Waals surface area contributed by atoms with Crippen molar-refractivity contribution < 1.29 is 19.2 Å². The summed E-state index contributed by atoms with van der Waals surface area (Å²) in [6.45, 7) is 2.42. The highest BCUT2D eigenvalue weighted by atomic mass is 16.5. The number of quaternary nitrogens is 1. The Morgan fingerprint density at radius 3 is 2.78 bits per heavy atom. The summed E-state index contributed by atoms with van der Waals surface area (Å²) in [5, 5.41) is 9.02. The molecule has 0 fully saturated rings. The number of methoxy groups -OCH3 is 1. The molecule has 6 heteroatoms. The number of benzene rings is 1. The molecule has 0 amide bonds. The van der Waals surface area contributed by atoms with Crippen LogP contribution in [0.25, 0.3) is 0 Å². The van der Waals surface area contributed by atoms with E-state index in [1.807, 2.05) is 44.4 Å². The third kappa shape index (κ3) is 5.72. The first-order valence-corrected chi connectivity index (χ1v) is 7.53. The van der Waals surface area contributed by atoms with Crippen LogP contribution in [0.1, 0.15) is 18.5 Å². The van der Waals surface area contributed by atoms with E-state index in [0.29, 0.717) is 6.54 Å². The van der Waals surface area contributed by atoms with Crippen LogP contribution in [0.4, 0.5) is 0 Å². The molecule has 1 rings (SSSR count). The molecule has 0 aliphatic rings. The molecule has 0 radical (unpaired) electrons. The smallest absolute Gasteiger partial charge is 0.328 e. The maximum Gasteiger partial charge on any atom is 0.328 e. The normalized spacial score (nSPS) is 13.6. The highest BCUT2D eigenvalue weighted by Crippen LogP contribution is 2.17. The van der Waals surface area contributed by atoms with Crippen LogP contribution in [0.15, 0.2) is 29.3 Å². The molecule has 6 nitrogen and oxygen atoms in total. The fourth-order valence-corrected chi connectivity index (χ4v) is 2.13. The first-order chi connectivity index (χ1) is 11.0. The van der Waals surface area contributed by atoms with Crippen LogP contribution in [-0.2, 0) is 9.53 Å². The van der Waals surface area contributed by atoms with E-state index in [0.717, 1.165) is 11.3 Å². The third-order valence-corrected chi connectivity index (χ3v) is 3.42. The predicted molar refractivity (Wildman–Crippen MR) is 87.6 cm³/mol. The van der Waals surface area contributed by atoms with Crippen molar-refractivity contribution >= 4 is 12.2 Å². The van der Waals surface area contributed by atoms with Crippen LogP contribution in [0.3, 0.4) is 0 Å². The minimum absolute atomic E-state index is 0.0999. The third-order valence-electron chi connectivity index (χ3n) is 3.42. The Labute approximate surface area is 137 Å². The summed E-state index contributed by atoms with van der Waals surface area (Å²) in [5.74, 6) is -0.730. The van der Waals surface area contributed by atoms with E-state index in [-0.39, 0.29) is 12.6 Å². The lowest BCUT2D eigenvalue weighted by Gasteiger charge is -2.20. The second-order valence-corrected chi connectivity index (χ2v) is 5.28. The topological polar surface area (TPSA) is 76.1 Å². The molecule has 0 aliphatic carbocycles. The van der Waals surface area contributed by atoms with Gasteiger partial charge >= 0.3 is 5.97 Å². The van der Waals surface area contributed by atoms with Gasteiger partial charge in [-0.1, -0.05) is 12.1 Å². The molecule has 0 heterocycles. The molecule has 0 spiro atoms. The number of hydrogen-bond donors (Lipinski definition) is 1. The minimum Gasteiger partial charge on any atom is -0.497 e. The molecule has 0 saturated carbocycles. The molecule has 0 aromatic heterocycles. The van der Waals surface area contributed by atoms with Crippen molar-refractivity contribution in [1.82, 2.24) is 0 Å². The van der Waals surface area contributed by atoms with Gasteiger partial charge in [0, 0.05) is 11.8 Å². The molecule has 124 valence electrons. The number of likely N-dealkylation sites (N-methyl/N-ethyl adjacent to an activating group) is 1. The van der Waals surface area contributed by atoms with Crippen molar-refractivity contribution in [3.8, 4) is 11.8 Å². The summed E-state index contributed by atoms with van der Waals surface area (Å²) in [4.78, 5) is 17.1. The summed E-state index contributed by atoms with van der Waals surface area (Å²) in [5.41, 5.74) is 1.09. The fourth-order valence-electron chi connectivity index (χ4n) is 2.13. The molecule has 1 aromatic rings. The van der Waals surface area contributed by atoms with Crippen molar-refractivity contribution in [3.63, 3.8) is 0 Å². The van der Waals surface area contributed by atoms with Gasteiger partial charge in [-0.2, -0.15) is 5.26 Å². The van der Waals surface area contributed by atoms with E-state index in [1.165, 1.54) is 11.1 Å². The van der Waals surface area contributed by atoms with Crippen LogP contribution in [0, 0.1) is 17.2 Å². The molecule has 0 saturated heterocycles. The minimum atomic E-state index is -0.960. The first-order valence-electron chi connectivity index (χ1n) is 7.53. The number of ether oxygens (including phenoxy) is 2. The molecule has 0 unspecified atom stereocenters. The molecular formula is C17H24N3O3+. The number of esters is 1. The van der Waals surface area contributed by atoms with Crippen LogP contribution in [-0.4, -0.2) is 46.5 Å². The largest absolute Gasteiger partial charge is 0.497 e. The monoisotopic (exact) mass is 318 g/mol. The van der Waals surface area contributed by atoms with Gasteiger partial charge in [-0.25, -0.2) is 0 Å². The van der Waals surface area contributed by atoms with Crippen LogP contribution >= 0.6 is 0 Å². The lowest BCUT2D eigenvalue weighted by Crippen LogP contribution is -3.06. The van der Waals surface area contributed by atoms with Crippen LogP contribution in [0.2, 0.25) is 0 Å². The Kier molecular flexibility index (Phi) is 7.78. The summed E-state index contributed by atoms with van der Waals surface area (Å²) in [6, 6.07) is 9.81. The van der Waals surface area contributed by atoms with E-state index in [9.17, 15) is 4.79 Å². The van der Waals surface area contributed by atoms with Gasteiger partial charge in [0.2, 0.25) is 0 Å². The Bertz CT molecular complexity index is 579. The summed E-state index contributed by atoms with van der Waals surface area (Å²) in [6.07, 6.45) is 1.37. The highest BCUT2D eigenvalue weighted by Gasteiger charge is 2.20. The second kappa shape index (κ2) is 9.59. The number of carbonyl (C=O) groups is 1. The Balaban J connectivity index is 2.82. The van der Waals surface area contributed by atoms with Crippen molar-refractivity contribution in [2.45, 2.75) is 13.0 Å². The quantitative estimate of drug-likeness (QED) is 0.564. The van der Waals surface area contributed by atoms with E-state index >= 15 is 0 Å². The Morgan fingerprint density at radius 2 is 2.22 bits per heavy atom. The van der Waals surface area contributed by atoms with Gasteiger partial charge in [0.1, 0.15) is 11.8 Å². The number of aliphatic imine (C=N–C) groups is 1. The SMILES string of the molecule is CCOC(=O)[C@H](C#N)C=NC[C@H](c1cccc(OC)c1)[NH+](C)C. The zero-order chi connectivity index (χ0) is 17.2. The fraction of sp³-hybridized carbons (Fsp3) is 0.471. The number of nitrogens with zero attached hydrogens (tertiary/aromatic N) is 2. The number of rotatable bonds is 8. The Hall–Kier alpha value is -2.39. The Morgan fingerprint density at radius 1 is 1.48 bits per heavy atom. The second-order valence-electron chi connectivity index (χ2n) is 5.28. The average molecular weight is 318 g/mol. The molecule has 1 aromatic carbocycles. The predicted octanol–water partition coefficient (Wildman–Crippen LogP) is 0.654. The molecular weight excluding hydrogens is 294 g/mol. The van der Waals surface area contributed by atoms with Gasteiger partial charge in [0.05, 0.1) is 40.4 Å². The van der Waals surface area contributed by atoms with E-state index in [4.69, 9.17) is 14.7 Å². The number of hydrogen-bond acceptors (Lipinski definition) is 5. The molecule has 2 atom stereocenters.